The van der Waals surface area contributed by atoms with E-state index in [4.69, 9.17) is 4.74 Å². The maximum absolute atomic E-state index is 12.5. The van der Waals surface area contributed by atoms with Crippen LogP contribution in [0.2, 0.25) is 0 Å². The van der Waals surface area contributed by atoms with E-state index in [0.717, 1.165) is 50.1 Å². The Labute approximate surface area is 203 Å². The van der Waals surface area contributed by atoms with Crippen LogP contribution in [0.1, 0.15) is 52.9 Å². The zero-order valence-corrected chi connectivity index (χ0v) is 21.4. The summed E-state index contributed by atoms with van der Waals surface area (Å²) in [6.07, 6.45) is 2.70. The molecule has 0 saturated heterocycles. The second kappa shape index (κ2) is 12.3. The second-order valence-electron chi connectivity index (χ2n) is 9.12. The number of aromatic nitrogens is 1. The van der Waals surface area contributed by atoms with Crippen LogP contribution in [0, 0.1) is 5.92 Å². The van der Waals surface area contributed by atoms with E-state index < -0.39 is 47.0 Å². The van der Waals surface area contributed by atoms with Crippen LogP contribution in [0.15, 0.2) is 22.1 Å². The van der Waals surface area contributed by atoms with Gasteiger partial charge in [-0.25, -0.2) is 31.7 Å². The van der Waals surface area contributed by atoms with Crippen LogP contribution in [-0.4, -0.2) is 61.7 Å². The fourth-order valence-electron chi connectivity index (χ4n) is 3.75. The summed E-state index contributed by atoms with van der Waals surface area (Å²) in [5.41, 5.74) is -0.700. The molecule has 1 aliphatic rings. The van der Waals surface area contributed by atoms with Gasteiger partial charge in [0.15, 0.2) is 0 Å². The molecule has 13 heteroatoms. The first-order chi connectivity index (χ1) is 15.8. The van der Waals surface area contributed by atoms with Gasteiger partial charge >= 0.3 is 6.09 Å². The van der Waals surface area contributed by atoms with Gasteiger partial charge in [-0.1, -0.05) is 19.3 Å². The number of alkyl halides is 2. The average Bonchev–Trinajstić information content (AvgIpc) is 2.75. The van der Waals surface area contributed by atoms with Crippen molar-refractivity contribution in [2.45, 2.75) is 87.0 Å². The highest BCUT2D eigenvalue weighted by atomic mass is 32.2. The highest BCUT2D eigenvalue weighted by molar-refractivity contribution is 7.99. The smallest absolute Gasteiger partial charge is 0.408 e. The lowest BCUT2D eigenvalue weighted by molar-refractivity contribution is 0.0366. The van der Waals surface area contributed by atoms with Gasteiger partial charge in [0.2, 0.25) is 10.0 Å². The first-order valence-electron chi connectivity index (χ1n) is 11.1. The molecule has 2 rings (SSSR count). The minimum atomic E-state index is -4.19. The number of aliphatic hydroxyl groups excluding tert-OH is 1. The normalized spacial score (nSPS) is 17.3. The van der Waals surface area contributed by atoms with Crippen molar-refractivity contribution in [3.63, 3.8) is 0 Å². The molecule has 1 aliphatic carbocycles. The Morgan fingerprint density at radius 1 is 1.29 bits per heavy atom. The van der Waals surface area contributed by atoms with Gasteiger partial charge in [0.05, 0.1) is 18.8 Å². The largest absolute Gasteiger partial charge is 0.444 e. The van der Waals surface area contributed by atoms with Crippen molar-refractivity contribution in [3.05, 3.63) is 12.3 Å². The minimum absolute atomic E-state index is 0.0157. The molecule has 1 amide bonds. The number of thioether (sulfide) groups is 1. The van der Waals surface area contributed by atoms with Gasteiger partial charge in [0.1, 0.15) is 22.5 Å². The summed E-state index contributed by atoms with van der Waals surface area (Å²) in [7, 11) is -4.19. The summed E-state index contributed by atoms with van der Waals surface area (Å²) in [6.45, 7) is 4.23. The molecule has 9 nitrogen and oxygen atoms in total. The molecular formula is C21H34F2N4O5S2. The van der Waals surface area contributed by atoms with E-state index in [2.05, 4.69) is 15.6 Å². The summed E-state index contributed by atoms with van der Waals surface area (Å²) in [5.74, 6) is 0.193. The molecule has 0 bridgehead atoms. The van der Waals surface area contributed by atoms with Gasteiger partial charge < -0.3 is 20.5 Å². The monoisotopic (exact) mass is 524 g/mol. The number of carbonyl (C=O) groups excluding carboxylic acids is 1. The molecule has 34 heavy (non-hydrogen) atoms. The summed E-state index contributed by atoms with van der Waals surface area (Å²) >= 11 is 1.09. The quantitative estimate of drug-likeness (QED) is 0.270. The number of halogens is 2. The number of aliphatic hydroxyl groups is 1. The third-order valence-electron chi connectivity index (χ3n) is 5.25. The highest BCUT2D eigenvalue weighted by Gasteiger charge is 2.33. The maximum atomic E-state index is 12.5. The number of carbonyl (C=O) groups is 1. The Kier molecular flexibility index (Phi) is 10.3. The summed E-state index contributed by atoms with van der Waals surface area (Å²) < 4.78 is 56.9. The van der Waals surface area contributed by atoms with E-state index in [-0.39, 0.29) is 21.5 Å². The number of anilines is 1. The molecule has 0 spiro atoms. The number of nitrogens with one attached hydrogen (secondary N) is 3. The molecule has 0 aromatic carbocycles. The zero-order chi connectivity index (χ0) is 25.5. The second-order valence-corrected chi connectivity index (χ2v) is 11.7. The lowest BCUT2D eigenvalue weighted by Crippen LogP contribution is -2.52. The van der Waals surface area contributed by atoms with Gasteiger partial charge in [0, 0.05) is 4.90 Å². The molecule has 1 aromatic rings. The van der Waals surface area contributed by atoms with Crippen molar-refractivity contribution in [1.82, 2.24) is 15.0 Å². The van der Waals surface area contributed by atoms with Crippen molar-refractivity contribution in [3.8, 4) is 0 Å². The van der Waals surface area contributed by atoms with Gasteiger partial charge in [-0.2, -0.15) is 0 Å². The Morgan fingerprint density at radius 2 is 1.94 bits per heavy atom. The van der Waals surface area contributed by atoms with Crippen LogP contribution in [0.25, 0.3) is 0 Å². The number of alkyl carbamates (subject to hydrolysis) is 1. The molecule has 1 saturated carbocycles. The summed E-state index contributed by atoms with van der Waals surface area (Å²) in [5, 5.41) is 16.6. The van der Waals surface area contributed by atoms with Gasteiger partial charge in [-0.15, -0.1) is 11.8 Å². The third kappa shape index (κ3) is 8.82. The molecule has 0 aliphatic heterocycles. The molecule has 2 atom stereocenters. The summed E-state index contributed by atoms with van der Waals surface area (Å²) in [4.78, 5) is 16.5. The fourth-order valence-corrected chi connectivity index (χ4v) is 5.83. The number of hydrogen-bond donors (Lipinski definition) is 4. The maximum Gasteiger partial charge on any atom is 0.408 e. The van der Waals surface area contributed by atoms with Crippen LogP contribution >= 0.6 is 11.8 Å². The molecule has 1 fully saturated rings. The molecular weight excluding hydrogens is 490 g/mol. The highest BCUT2D eigenvalue weighted by Crippen LogP contribution is 2.30. The Hall–Kier alpha value is -1.70. The van der Waals surface area contributed by atoms with Crippen LogP contribution in [0.3, 0.4) is 0 Å². The Bertz CT molecular complexity index is 922. The molecule has 1 aromatic heterocycles. The minimum Gasteiger partial charge on any atom is -0.444 e. The van der Waals surface area contributed by atoms with E-state index in [0.29, 0.717) is 0 Å². The third-order valence-corrected chi connectivity index (χ3v) is 7.60. The van der Waals surface area contributed by atoms with Crippen LogP contribution < -0.4 is 15.4 Å². The number of nitrogens with zero attached hydrogens (tertiary/aromatic N) is 1. The van der Waals surface area contributed by atoms with Crippen LogP contribution in [0.4, 0.5) is 19.4 Å². The van der Waals surface area contributed by atoms with Crippen molar-refractivity contribution < 1.29 is 31.8 Å². The SMILES string of the molecule is CSc1cc(N[C@@H](O)[C@@H](NC(=O)OC(C)(C)C)C2CCCCC2)ncc1S(=O)(=O)NCC(F)F. The molecule has 194 valence electrons. The predicted molar refractivity (Wildman–Crippen MR) is 127 cm³/mol. The number of rotatable bonds is 10. The fraction of sp³-hybridized carbons (Fsp3) is 0.714. The molecule has 0 radical (unpaired) electrons. The first kappa shape index (κ1) is 28.5. The number of ether oxygens (including phenoxy) is 1. The molecule has 0 unspecified atom stereocenters. The van der Waals surface area contributed by atoms with Crippen molar-refractivity contribution in [2.75, 3.05) is 18.1 Å². The van der Waals surface area contributed by atoms with E-state index in [1.165, 1.54) is 6.07 Å². The number of pyridine rings is 1. The summed E-state index contributed by atoms with van der Waals surface area (Å²) in [6, 6.07) is 0.752. The number of sulfonamides is 1. The van der Waals surface area contributed by atoms with E-state index in [9.17, 15) is 27.1 Å². The standard InChI is InChI=1S/C21H34F2N4O5S2/c1-21(2,3)32-20(29)27-18(13-8-6-5-7-9-13)19(28)26-17-10-14(33-4)15(11-24-17)34(30,31)25-12-16(22)23/h10-11,13,16,18-19,25,28H,5-9,12H2,1-4H3,(H,24,26)(H,27,29)/t18-,19-/m0/s1. The average molecular weight is 525 g/mol. The Balaban J connectivity index is 2.21. The zero-order valence-electron chi connectivity index (χ0n) is 19.8. The van der Waals surface area contributed by atoms with Crippen LogP contribution in [0.5, 0.6) is 0 Å². The van der Waals surface area contributed by atoms with Crippen molar-refractivity contribution >= 4 is 33.7 Å². The predicted octanol–water partition coefficient (Wildman–Crippen LogP) is 3.55. The van der Waals surface area contributed by atoms with E-state index >= 15 is 0 Å². The topological polar surface area (TPSA) is 130 Å². The molecule has 1 heterocycles. The van der Waals surface area contributed by atoms with Crippen molar-refractivity contribution in [1.29, 1.82) is 0 Å². The van der Waals surface area contributed by atoms with E-state index in [1.54, 1.807) is 27.0 Å². The number of hydrogen-bond acceptors (Lipinski definition) is 8. The lowest BCUT2D eigenvalue weighted by Gasteiger charge is -2.35. The van der Waals surface area contributed by atoms with Gasteiger partial charge in [-0.05, 0) is 51.9 Å². The van der Waals surface area contributed by atoms with E-state index in [1.807, 2.05) is 4.72 Å². The lowest BCUT2D eigenvalue weighted by atomic mass is 9.83. The molecule has 4 N–H and O–H groups in total. The van der Waals surface area contributed by atoms with Crippen LogP contribution in [-0.2, 0) is 14.8 Å². The number of amides is 1. The first-order valence-corrected chi connectivity index (χ1v) is 13.8. The van der Waals surface area contributed by atoms with Crippen molar-refractivity contribution in [2.24, 2.45) is 5.92 Å². The van der Waals surface area contributed by atoms with Gasteiger partial charge in [0.25, 0.3) is 6.43 Å². The Morgan fingerprint density at radius 3 is 2.50 bits per heavy atom. The van der Waals surface area contributed by atoms with Gasteiger partial charge in [-0.3, -0.25) is 0 Å².